The zero-order valence-electron chi connectivity index (χ0n) is 19.9. The molecule has 1 saturated carbocycles. The molecule has 3 aliphatic rings. The minimum atomic E-state index is -0.676. The summed E-state index contributed by atoms with van der Waals surface area (Å²) in [5, 5.41) is 12.1. The van der Waals surface area contributed by atoms with E-state index >= 15 is 0 Å². The molecule has 0 unspecified atom stereocenters. The Bertz CT molecular complexity index is 1440. The Labute approximate surface area is 213 Å². The van der Waals surface area contributed by atoms with Gasteiger partial charge in [0.2, 0.25) is 0 Å². The van der Waals surface area contributed by atoms with Crippen molar-refractivity contribution in [2.75, 3.05) is 25.0 Å². The van der Waals surface area contributed by atoms with E-state index in [-0.39, 0.29) is 36.5 Å². The van der Waals surface area contributed by atoms with E-state index in [1.807, 2.05) is 36.4 Å². The normalized spacial score (nSPS) is 22.5. The number of urea groups is 2. The Hall–Kier alpha value is -4.71. The van der Waals surface area contributed by atoms with Gasteiger partial charge in [0.1, 0.15) is 6.04 Å². The highest BCUT2D eigenvalue weighted by molar-refractivity contribution is 6.06. The Balaban J connectivity index is 1.16. The van der Waals surface area contributed by atoms with Crippen LogP contribution < -0.4 is 5.32 Å². The van der Waals surface area contributed by atoms with Gasteiger partial charge in [0, 0.05) is 36.8 Å². The second-order valence-corrected chi connectivity index (χ2v) is 9.49. The van der Waals surface area contributed by atoms with Gasteiger partial charge in [0.15, 0.2) is 0 Å². The van der Waals surface area contributed by atoms with Crippen LogP contribution in [0.4, 0.5) is 15.3 Å². The highest BCUT2D eigenvalue weighted by atomic mass is 16.2. The first kappa shape index (κ1) is 22.7. The molecule has 9 heteroatoms. The summed E-state index contributed by atoms with van der Waals surface area (Å²) >= 11 is 0. The summed E-state index contributed by atoms with van der Waals surface area (Å²) in [7, 11) is 0. The number of carbonyl (C=O) groups excluding carboxylic acids is 3. The predicted octanol–water partition coefficient (Wildman–Crippen LogP) is 3.66. The fourth-order valence-electron chi connectivity index (χ4n) is 5.30. The van der Waals surface area contributed by atoms with Gasteiger partial charge in [-0.1, -0.05) is 42.5 Å². The van der Waals surface area contributed by atoms with Gasteiger partial charge in [-0.15, -0.1) is 0 Å². The Morgan fingerprint density at radius 1 is 1.03 bits per heavy atom. The minimum Gasteiger partial charge on any atom is -0.320 e. The first-order chi connectivity index (χ1) is 18.0. The van der Waals surface area contributed by atoms with E-state index in [9.17, 15) is 19.6 Å². The molecule has 1 aromatic heterocycles. The number of carbonyl (C=O) groups is 3. The van der Waals surface area contributed by atoms with Gasteiger partial charge < -0.3 is 15.1 Å². The molecule has 2 saturated heterocycles. The van der Waals surface area contributed by atoms with E-state index in [2.05, 4.69) is 16.4 Å². The summed E-state index contributed by atoms with van der Waals surface area (Å²) in [6, 6.07) is 21.1. The van der Waals surface area contributed by atoms with E-state index in [1.165, 1.54) is 4.90 Å². The average Bonchev–Trinajstić information content (AvgIpc) is 3.69. The maximum absolute atomic E-state index is 13.3. The summed E-state index contributed by atoms with van der Waals surface area (Å²) in [6.07, 6.45) is 2.39. The molecule has 1 N–H and O–H groups in total. The zero-order valence-corrected chi connectivity index (χ0v) is 19.9. The number of nitrogens with one attached hydrogen (secondary N) is 1. The number of pyridine rings is 1. The quantitative estimate of drug-likeness (QED) is 0.559. The average molecular weight is 493 g/mol. The molecule has 5 amide bonds. The van der Waals surface area contributed by atoms with Crippen LogP contribution in [-0.4, -0.2) is 69.4 Å². The molecule has 0 bridgehead atoms. The third-order valence-electron chi connectivity index (χ3n) is 7.27. The number of nitrogens with zero attached hydrogens (tertiary/aromatic N) is 5. The number of fused-ring (bicyclic) bond motifs is 1. The standard InChI is InChI=1S/C28H24N6O3/c29-16-18-6-4-9-20(14-18)25-22(10-5-11-30-25)31-27(36)32-12-13-33-24(17-32)26(35)34(28(33)37)23-15-21(23)19-7-2-1-3-8-19/h1-11,14,21,23-24H,12-13,15,17H2,(H,31,36)/t21-,23+,24+/m1/s1. The number of nitriles is 1. The van der Waals surface area contributed by atoms with Crippen molar-refractivity contribution in [3.63, 3.8) is 0 Å². The molecular weight excluding hydrogens is 468 g/mol. The number of anilines is 1. The van der Waals surface area contributed by atoms with Gasteiger partial charge in [-0.2, -0.15) is 5.26 Å². The largest absolute Gasteiger partial charge is 0.327 e. The number of benzene rings is 2. The van der Waals surface area contributed by atoms with Crippen molar-refractivity contribution >= 4 is 23.7 Å². The second kappa shape index (κ2) is 9.06. The first-order valence-corrected chi connectivity index (χ1v) is 12.3. The van der Waals surface area contributed by atoms with Gasteiger partial charge in [-0.3, -0.25) is 14.7 Å². The molecule has 3 atom stereocenters. The number of rotatable bonds is 4. The third kappa shape index (κ3) is 4.06. The summed E-state index contributed by atoms with van der Waals surface area (Å²) in [5.41, 5.74) is 3.39. The molecule has 2 aliphatic heterocycles. The van der Waals surface area contributed by atoms with Crippen LogP contribution in [-0.2, 0) is 4.79 Å². The predicted molar refractivity (Wildman–Crippen MR) is 135 cm³/mol. The molecule has 2 aromatic carbocycles. The van der Waals surface area contributed by atoms with Crippen molar-refractivity contribution < 1.29 is 14.4 Å². The maximum Gasteiger partial charge on any atom is 0.327 e. The van der Waals surface area contributed by atoms with Gasteiger partial charge in [-0.25, -0.2) is 9.59 Å². The zero-order chi connectivity index (χ0) is 25.5. The lowest BCUT2D eigenvalue weighted by Crippen LogP contribution is -2.55. The van der Waals surface area contributed by atoms with Crippen molar-refractivity contribution in [2.45, 2.75) is 24.4 Å². The molecule has 0 radical (unpaired) electrons. The lowest BCUT2D eigenvalue weighted by Gasteiger charge is -2.35. The molecule has 6 rings (SSSR count). The summed E-state index contributed by atoms with van der Waals surface area (Å²) < 4.78 is 0. The van der Waals surface area contributed by atoms with Crippen LogP contribution in [0.3, 0.4) is 0 Å². The smallest absolute Gasteiger partial charge is 0.320 e. The van der Waals surface area contributed by atoms with E-state index < -0.39 is 6.04 Å². The topological polar surface area (TPSA) is 110 Å². The molecule has 37 heavy (non-hydrogen) atoms. The van der Waals surface area contributed by atoms with Crippen LogP contribution in [0.1, 0.15) is 23.5 Å². The molecule has 0 spiro atoms. The maximum atomic E-state index is 13.3. The van der Waals surface area contributed by atoms with Crippen molar-refractivity contribution in [1.29, 1.82) is 5.26 Å². The number of aromatic nitrogens is 1. The number of hydrogen-bond donors (Lipinski definition) is 1. The SMILES string of the molecule is N#Cc1cccc(-c2ncccc2NC(=O)N2CCN3C(=O)N([C@H]4C[C@@H]4c4ccccc4)C(=O)[C@@H]3C2)c1. The lowest BCUT2D eigenvalue weighted by atomic mass is 10.1. The van der Waals surface area contributed by atoms with Gasteiger partial charge in [0.25, 0.3) is 5.91 Å². The van der Waals surface area contributed by atoms with Crippen LogP contribution in [0.5, 0.6) is 0 Å². The van der Waals surface area contributed by atoms with Crippen molar-refractivity contribution in [3.8, 4) is 17.3 Å². The molecule has 3 fully saturated rings. The first-order valence-electron chi connectivity index (χ1n) is 12.3. The monoisotopic (exact) mass is 492 g/mol. The Kier molecular flexibility index (Phi) is 5.57. The van der Waals surface area contributed by atoms with Crippen molar-refractivity contribution in [3.05, 3.63) is 84.1 Å². The van der Waals surface area contributed by atoms with Crippen LogP contribution in [0.25, 0.3) is 11.3 Å². The lowest BCUT2D eigenvalue weighted by molar-refractivity contribution is -0.129. The number of hydrogen-bond acceptors (Lipinski definition) is 5. The second-order valence-electron chi connectivity index (χ2n) is 9.49. The van der Waals surface area contributed by atoms with E-state index in [4.69, 9.17) is 0 Å². The Morgan fingerprint density at radius 2 is 1.86 bits per heavy atom. The van der Waals surface area contributed by atoms with E-state index in [1.54, 1.807) is 46.3 Å². The third-order valence-corrected chi connectivity index (χ3v) is 7.27. The summed E-state index contributed by atoms with van der Waals surface area (Å²) in [5.74, 6) is -0.0697. The molecule has 9 nitrogen and oxygen atoms in total. The number of imide groups is 1. The van der Waals surface area contributed by atoms with Crippen LogP contribution >= 0.6 is 0 Å². The van der Waals surface area contributed by atoms with Gasteiger partial charge in [-0.05, 0) is 36.2 Å². The minimum absolute atomic E-state index is 0.127. The van der Waals surface area contributed by atoms with Gasteiger partial charge >= 0.3 is 12.1 Å². The van der Waals surface area contributed by atoms with E-state index in [0.29, 0.717) is 35.6 Å². The summed E-state index contributed by atoms with van der Waals surface area (Å²) in [6.45, 7) is 0.753. The number of piperazine rings is 1. The molecule has 1 aliphatic carbocycles. The fraction of sp³-hybridized carbons (Fsp3) is 0.250. The van der Waals surface area contributed by atoms with Gasteiger partial charge in [0.05, 0.1) is 29.6 Å². The molecule has 3 aromatic rings. The number of amides is 5. The van der Waals surface area contributed by atoms with Crippen molar-refractivity contribution in [1.82, 2.24) is 19.7 Å². The van der Waals surface area contributed by atoms with Crippen LogP contribution in [0.2, 0.25) is 0 Å². The highest BCUT2D eigenvalue weighted by Crippen LogP contribution is 2.46. The van der Waals surface area contributed by atoms with Crippen molar-refractivity contribution in [2.24, 2.45) is 0 Å². The molecule has 3 heterocycles. The molecular formula is C28H24N6O3. The molecule has 184 valence electrons. The van der Waals surface area contributed by atoms with Crippen LogP contribution in [0, 0.1) is 11.3 Å². The summed E-state index contributed by atoms with van der Waals surface area (Å²) in [4.78, 5) is 48.6. The fourth-order valence-corrected chi connectivity index (χ4v) is 5.30. The highest BCUT2D eigenvalue weighted by Gasteiger charge is 2.56. The Morgan fingerprint density at radius 3 is 2.68 bits per heavy atom. The van der Waals surface area contributed by atoms with Crippen LogP contribution in [0.15, 0.2) is 72.9 Å². The van der Waals surface area contributed by atoms with E-state index in [0.717, 1.165) is 12.0 Å².